The second-order valence-corrected chi connectivity index (χ2v) is 5.34. The molecule has 1 unspecified atom stereocenters. The topological polar surface area (TPSA) is 73.1 Å². The monoisotopic (exact) mass is 276 g/mol. The van der Waals surface area contributed by atoms with Crippen LogP contribution in [0.15, 0.2) is 24.5 Å². The first-order chi connectivity index (χ1) is 9.34. The van der Waals surface area contributed by atoms with Crippen LogP contribution in [0.25, 0.3) is 11.1 Å². The number of nitrogens with two attached hydrogens (primary N) is 1. The molecule has 3 rings (SSSR count). The zero-order valence-corrected chi connectivity index (χ0v) is 11.3. The van der Waals surface area contributed by atoms with Crippen molar-refractivity contribution in [1.29, 1.82) is 0 Å². The molecule has 0 aromatic carbocycles. The third kappa shape index (κ3) is 2.69. The maximum atomic E-state index is 5.99. The van der Waals surface area contributed by atoms with E-state index in [0.717, 1.165) is 42.2 Å². The van der Waals surface area contributed by atoms with Gasteiger partial charge in [-0.25, -0.2) is 0 Å². The molecule has 3 N–H and O–H groups in total. The molecule has 1 aliphatic rings. The minimum absolute atomic E-state index is 0.342. The Morgan fingerprint density at radius 2 is 2.21 bits per heavy atom. The Morgan fingerprint density at radius 1 is 1.37 bits per heavy atom. The van der Waals surface area contributed by atoms with E-state index in [1.54, 1.807) is 12.4 Å². The number of ether oxygens (including phenoxy) is 1. The van der Waals surface area contributed by atoms with Gasteiger partial charge in [0, 0.05) is 19.0 Å². The highest BCUT2D eigenvalue weighted by Gasteiger charge is 2.19. The van der Waals surface area contributed by atoms with Gasteiger partial charge in [0.05, 0.1) is 18.2 Å². The molecule has 0 bridgehead atoms. The number of nitrogens with zero attached hydrogens (tertiary/aromatic N) is 2. The molecule has 0 aliphatic carbocycles. The molecule has 1 aliphatic heterocycles. The SMILES string of the molecule is Nc1nsc(NC2CCCOC2)c1-c1ccncc1. The van der Waals surface area contributed by atoms with Crippen molar-refractivity contribution >= 4 is 22.4 Å². The zero-order valence-electron chi connectivity index (χ0n) is 10.5. The van der Waals surface area contributed by atoms with E-state index in [1.807, 2.05) is 12.1 Å². The van der Waals surface area contributed by atoms with E-state index >= 15 is 0 Å². The Morgan fingerprint density at radius 3 is 2.95 bits per heavy atom. The molecule has 0 saturated carbocycles. The second-order valence-electron chi connectivity index (χ2n) is 4.57. The summed E-state index contributed by atoms with van der Waals surface area (Å²) < 4.78 is 9.74. The van der Waals surface area contributed by atoms with Gasteiger partial charge in [0.15, 0.2) is 0 Å². The van der Waals surface area contributed by atoms with Crippen LogP contribution >= 0.6 is 11.5 Å². The Kier molecular flexibility index (Phi) is 3.61. The molecule has 2 aromatic heterocycles. The van der Waals surface area contributed by atoms with Gasteiger partial charge in [0.1, 0.15) is 10.8 Å². The van der Waals surface area contributed by atoms with Crippen molar-refractivity contribution in [3.05, 3.63) is 24.5 Å². The van der Waals surface area contributed by atoms with E-state index in [9.17, 15) is 0 Å². The Hall–Kier alpha value is -1.66. The molecule has 3 heterocycles. The Labute approximate surface area is 116 Å². The summed E-state index contributed by atoms with van der Waals surface area (Å²) in [4.78, 5) is 4.03. The van der Waals surface area contributed by atoms with Crippen molar-refractivity contribution in [3.63, 3.8) is 0 Å². The van der Waals surface area contributed by atoms with Gasteiger partial charge >= 0.3 is 0 Å². The number of nitrogens with one attached hydrogen (secondary N) is 1. The predicted octanol–water partition coefficient (Wildman–Crippen LogP) is 2.38. The Balaban J connectivity index is 1.86. The molecular weight excluding hydrogens is 260 g/mol. The lowest BCUT2D eigenvalue weighted by Gasteiger charge is -2.23. The lowest BCUT2D eigenvalue weighted by Crippen LogP contribution is -2.29. The minimum Gasteiger partial charge on any atom is -0.382 e. The van der Waals surface area contributed by atoms with Crippen LogP contribution in [0.5, 0.6) is 0 Å². The van der Waals surface area contributed by atoms with Crippen molar-refractivity contribution in [2.45, 2.75) is 18.9 Å². The summed E-state index contributed by atoms with van der Waals surface area (Å²) in [5.74, 6) is 0.565. The quantitative estimate of drug-likeness (QED) is 0.900. The number of aromatic nitrogens is 2. The van der Waals surface area contributed by atoms with Crippen molar-refractivity contribution in [3.8, 4) is 11.1 Å². The van der Waals surface area contributed by atoms with Gasteiger partial charge in [0.25, 0.3) is 0 Å². The van der Waals surface area contributed by atoms with E-state index in [2.05, 4.69) is 14.7 Å². The molecule has 19 heavy (non-hydrogen) atoms. The fourth-order valence-corrected chi connectivity index (χ4v) is 3.05. The van der Waals surface area contributed by atoms with Gasteiger partial charge in [-0.1, -0.05) is 0 Å². The van der Waals surface area contributed by atoms with E-state index in [4.69, 9.17) is 10.5 Å². The highest BCUT2D eigenvalue weighted by atomic mass is 32.1. The molecule has 1 atom stereocenters. The van der Waals surface area contributed by atoms with E-state index in [0.29, 0.717) is 11.9 Å². The predicted molar refractivity (Wildman–Crippen MR) is 77.2 cm³/mol. The van der Waals surface area contributed by atoms with Gasteiger partial charge in [-0.2, -0.15) is 4.37 Å². The van der Waals surface area contributed by atoms with Crippen molar-refractivity contribution in [1.82, 2.24) is 9.36 Å². The normalized spacial score (nSPS) is 19.3. The molecule has 6 heteroatoms. The maximum absolute atomic E-state index is 5.99. The van der Waals surface area contributed by atoms with Crippen LogP contribution in [-0.2, 0) is 4.74 Å². The molecule has 0 amide bonds. The first kappa shape index (κ1) is 12.4. The number of hydrogen-bond acceptors (Lipinski definition) is 6. The van der Waals surface area contributed by atoms with Gasteiger partial charge in [-0.05, 0) is 42.1 Å². The smallest absolute Gasteiger partial charge is 0.147 e. The highest BCUT2D eigenvalue weighted by Crippen LogP contribution is 2.37. The summed E-state index contributed by atoms with van der Waals surface area (Å²) in [5, 5.41) is 4.51. The summed E-state index contributed by atoms with van der Waals surface area (Å²) in [6.45, 7) is 1.60. The van der Waals surface area contributed by atoms with E-state index < -0.39 is 0 Å². The van der Waals surface area contributed by atoms with Gasteiger partial charge < -0.3 is 15.8 Å². The molecule has 0 spiro atoms. The standard InChI is InChI=1S/C13H16N4OS/c14-12-11(9-3-5-15-6-4-9)13(19-17-12)16-10-2-1-7-18-8-10/h3-6,10,16H,1-2,7-8H2,(H2,14,17). The second kappa shape index (κ2) is 5.54. The van der Waals surface area contributed by atoms with Crippen molar-refractivity contribution in [2.24, 2.45) is 0 Å². The van der Waals surface area contributed by atoms with Crippen LogP contribution in [0.3, 0.4) is 0 Å². The third-order valence-electron chi connectivity index (χ3n) is 3.18. The molecule has 2 aromatic rings. The number of nitrogen functional groups attached to an aromatic ring is 1. The molecule has 100 valence electrons. The van der Waals surface area contributed by atoms with Crippen LogP contribution in [0.2, 0.25) is 0 Å². The largest absolute Gasteiger partial charge is 0.382 e. The van der Waals surface area contributed by atoms with Gasteiger partial charge in [0.2, 0.25) is 0 Å². The summed E-state index contributed by atoms with van der Waals surface area (Å²) in [5.41, 5.74) is 8.00. The first-order valence-corrected chi connectivity index (χ1v) is 7.12. The van der Waals surface area contributed by atoms with E-state index in [1.165, 1.54) is 11.5 Å². The van der Waals surface area contributed by atoms with Gasteiger partial charge in [-0.3, -0.25) is 4.98 Å². The van der Waals surface area contributed by atoms with Crippen LogP contribution < -0.4 is 11.1 Å². The zero-order chi connectivity index (χ0) is 13.1. The molecule has 1 fully saturated rings. The lowest BCUT2D eigenvalue weighted by molar-refractivity contribution is 0.0877. The minimum atomic E-state index is 0.342. The number of pyridine rings is 1. The summed E-state index contributed by atoms with van der Waals surface area (Å²) in [7, 11) is 0. The fourth-order valence-electron chi connectivity index (χ4n) is 2.24. The number of anilines is 2. The average molecular weight is 276 g/mol. The van der Waals surface area contributed by atoms with Crippen LogP contribution in [0.1, 0.15) is 12.8 Å². The first-order valence-electron chi connectivity index (χ1n) is 6.34. The van der Waals surface area contributed by atoms with Gasteiger partial charge in [-0.15, -0.1) is 0 Å². The fraction of sp³-hybridized carbons (Fsp3) is 0.385. The third-order valence-corrected chi connectivity index (χ3v) is 3.98. The summed E-state index contributed by atoms with van der Waals surface area (Å²) in [6, 6.07) is 4.24. The maximum Gasteiger partial charge on any atom is 0.147 e. The highest BCUT2D eigenvalue weighted by molar-refractivity contribution is 7.11. The lowest BCUT2D eigenvalue weighted by atomic mass is 10.1. The number of rotatable bonds is 3. The van der Waals surface area contributed by atoms with Crippen LogP contribution in [0, 0.1) is 0 Å². The molecule has 5 nitrogen and oxygen atoms in total. The average Bonchev–Trinajstić information content (AvgIpc) is 2.82. The van der Waals surface area contributed by atoms with Crippen molar-refractivity contribution in [2.75, 3.05) is 24.3 Å². The van der Waals surface area contributed by atoms with E-state index in [-0.39, 0.29) is 0 Å². The van der Waals surface area contributed by atoms with Crippen LogP contribution in [0.4, 0.5) is 10.8 Å². The molecular formula is C13H16N4OS. The Bertz CT molecular complexity index is 537. The van der Waals surface area contributed by atoms with Crippen LogP contribution in [-0.4, -0.2) is 28.6 Å². The molecule has 0 radical (unpaired) electrons. The summed E-state index contributed by atoms with van der Waals surface area (Å²) in [6.07, 6.45) is 5.74. The number of hydrogen-bond donors (Lipinski definition) is 2. The van der Waals surface area contributed by atoms with Crippen molar-refractivity contribution < 1.29 is 4.74 Å². The molecule has 1 saturated heterocycles. The summed E-state index contributed by atoms with van der Waals surface area (Å²) >= 11 is 1.40.